The molecule has 0 bridgehead atoms. The molecule has 1 aromatic carbocycles. The number of esters is 1. The van der Waals surface area contributed by atoms with E-state index < -0.39 is 11.8 Å². The number of hydrogen-bond acceptors (Lipinski definition) is 7. The van der Waals surface area contributed by atoms with Crippen molar-refractivity contribution in [2.24, 2.45) is 0 Å². The van der Waals surface area contributed by atoms with Gasteiger partial charge in [-0.3, -0.25) is 0 Å². The quantitative estimate of drug-likeness (QED) is 0.457. The molecule has 0 radical (unpaired) electrons. The lowest BCUT2D eigenvalue weighted by atomic mass is 9.98. The Morgan fingerprint density at radius 1 is 1.34 bits per heavy atom. The van der Waals surface area contributed by atoms with E-state index in [1.54, 1.807) is 17.9 Å². The number of carbonyl (C=O) groups is 2. The fourth-order valence-electron chi connectivity index (χ4n) is 3.40. The smallest absolute Gasteiger partial charge is 0.360 e. The number of piperidine rings is 1. The zero-order chi connectivity index (χ0) is 22.7. The van der Waals surface area contributed by atoms with Crippen molar-refractivity contribution in [2.75, 3.05) is 25.0 Å². The highest BCUT2D eigenvalue weighted by atomic mass is 79.9. The van der Waals surface area contributed by atoms with Gasteiger partial charge in [0.05, 0.1) is 17.3 Å². The summed E-state index contributed by atoms with van der Waals surface area (Å²) in [7, 11) is 0. The normalized spacial score (nSPS) is 14.4. The van der Waals surface area contributed by atoms with Crippen molar-refractivity contribution in [1.29, 1.82) is 0 Å². The maximum Gasteiger partial charge on any atom is 0.360 e. The summed E-state index contributed by atoms with van der Waals surface area (Å²) in [6.07, 6.45) is 1.49. The largest absolute Gasteiger partial charge is 0.461 e. The second-order valence-electron chi connectivity index (χ2n) is 7.18. The van der Waals surface area contributed by atoms with E-state index in [2.05, 4.69) is 31.4 Å². The van der Waals surface area contributed by atoms with Gasteiger partial charge >= 0.3 is 12.0 Å². The van der Waals surface area contributed by atoms with Gasteiger partial charge in [-0.25, -0.2) is 19.0 Å². The average Bonchev–Trinajstić information content (AvgIpc) is 3.46. The standard InChI is InChI=1S/C21H20BrFN4O4S/c1-2-30-20(28)16-10-18(31-26-16)17-11-32-19(24-17)12-5-7-27(8-6-12)21(29)25-15-4-3-13(22)9-14(15)23/h3-4,9-12H,2,5-8H2,1H3,(H,25,29). The molecule has 0 spiro atoms. The summed E-state index contributed by atoms with van der Waals surface area (Å²) in [5, 5.41) is 9.17. The molecule has 8 nitrogen and oxygen atoms in total. The first-order valence-corrected chi connectivity index (χ1v) is 11.7. The van der Waals surface area contributed by atoms with E-state index in [1.807, 2.05) is 5.38 Å². The van der Waals surface area contributed by atoms with Crippen LogP contribution in [0.25, 0.3) is 11.5 Å². The fourth-order valence-corrected chi connectivity index (χ4v) is 4.71. The van der Waals surface area contributed by atoms with Gasteiger partial charge in [0.25, 0.3) is 0 Å². The molecule has 11 heteroatoms. The number of hydrogen-bond donors (Lipinski definition) is 1. The molecule has 0 unspecified atom stereocenters. The van der Waals surface area contributed by atoms with Crippen LogP contribution in [0.2, 0.25) is 0 Å². The zero-order valence-corrected chi connectivity index (χ0v) is 19.5. The molecule has 0 aliphatic carbocycles. The Kier molecular flexibility index (Phi) is 6.85. The van der Waals surface area contributed by atoms with Crippen LogP contribution in [0.1, 0.15) is 41.2 Å². The Balaban J connectivity index is 1.34. The van der Waals surface area contributed by atoms with Gasteiger partial charge in [0.2, 0.25) is 0 Å². The summed E-state index contributed by atoms with van der Waals surface area (Å²) in [6.45, 7) is 3.06. The van der Waals surface area contributed by atoms with Crippen LogP contribution in [0, 0.1) is 5.82 Å². The van der Waals surface area contributed by atoms with E-state index in [1.165, 1.54) is 29.5 Å². The van der Waals surface area contributed by atoms with Crippen molar-refractivity contribution in [3.05, 3.63) is 50.6 Å². The number of amides is 2. The molecule has 3 aromatic rings. The Morgan fingerprint density at radius 3 is 2.84 bits per heavy atom. The van der Waals surface area contributed by atoms with Gasteiger partial charge in [0, 0.05) is 34.9 Å². The third kappa shape index (κ3) is 4.99. The maximum atomic E-state index is 14.0. The molecule has 1 N–H and O–H groups in total. The van der Waals surface area contributed by atoms with Gasteiger partial charge in [-0.15, -0.1) is 11.3 Å². The van der Waals surface area contributed by atoms with E-state index in [9.17, 15) is 14.0 Å². The molecular weight excluding hydrogens is 503 g/mol. The number of aromatic nitrogens is 2. The highest BCUT2D eigenvalue weighted by Gasteiger charge is 2.27. The first-order chi connectivity index (χ1) is 15.4. The van der Waals surface area contributed by atoms with Gasteiger partial charge in [-0.05, 0) is 38.0 Å². The minimum absolute atomic E-state index is 0.109. The minimum atomic E-state index is -0.536. The van der Waals surface area contributed by atoms with Gasteiger partial charge in [-0.2, -0.15) is 0 Å². The number of thiazole rings is 1. The molecule has 0 saturated carbocycles. The maximum absolute atomic E-state index is 14.0. The number of urea groups is 1. The Morgan fingerprint density at radius 2 is 2.12 bits per heavy atom. The van der Waals surface area contributed by atoms with E-state index in [-0.39, 0.29) is 29.9 Å². The van der Waals surface area contributed by atoms with Crippen LogP contribution >= 0.6 is 27.3 Å². The van der Waals surface area contributed by atoms with Crippen molar-refractivity contribution < 1.29 is 23.2 Å². The van der Waals surface area contributed by atoms with Crippen molar-refractivity contribution in [2.45, 2.75) is 25.7 Å². The summed E-state index contributed by atoms with van der Waals surface area (Å²) < 4.78 is 24.7. The molecular formula is C21H20BrFN4O4S. The second kappa shape index (κ2) is 9.78. The minimum Gasteiger partial charge on any atom is -0.461 e. The third-order valence-corrected chi connectivity index (χ3v) is 6.57. The van der Waals surface area contributed by atoms with Crippen molar-refractivity contribution in [3.8, 4) is 11.5 Å². The topological polar surface area (TPSA) is 97.6 Å². The number of carbonyl (C=O) groups excluding carboxylic acids is 2. The molecule has 1 saturated heterocycles. The first kappa shape index (κ1) is 22.4. The number of anilines is 1. The predicted octanol–water partition coefficient (Wildman–Crippen LogP) is 5.29. The van der Waals surface area contributed by atoms with E-state index in [4.69, 9.17) is 9.26 Å². The number of likely N-dealkylation sites (tertiary alicyclic amines) is 1. The Hall–Kier alpha value is -2.79. The molecule has 32 heavy (non-hydrogen) atoms. The van der Waals surface area contributed by atoms with Crippen LogP contribution < -0.4 is 5.32 Å². The molecule has 168 valence electrons. The van der Waals surface area contributed by atoms with Crippen LogP contribution in [0.15, 0.2) is 38.6 Å². The lowest BCUT2D eigenvalue weighted by Crippen LogP contribution is -2.40. The molecule has 1 fully saturated rings. The third-order valence-electron chi connectivity index (χ3n) is 5.07. The van der Waals surface area contributed by atoms with Gasteiger partial charge in [0.15, 0.2) is 11.5 Å². The molecule has 3 heterocycles. The number of halogens is 2. The van der Waals surface area contributed by atoms with Gasteiger partial charge < -0.3 is 19.5 Å². The van der Waals surface area contributed by atoms with Gasteiger partial charge in [0.1, 0.15) is 11.5 Å². The second-order valence-corrected chi connectivity index (χ2v) is 8.99. The highest BCUT2D eigenvalue weighted by Crippen LogP contribution is 2.33. The molecule has 4 rings (SSSR count). The van der Waals surface area contributed by atoms with Crippen LogP contribution in [0.5, 0.6) is 0 Å². The van der Waals surface area contributed by atoms with Crippen LogP contribution in [-0.2, 0) is 4.74 Å². The number of nitrogens with zero attached hydrogens (tertiary/aromatic N) is 3. The number of nitrogens with one attached hydrogen (secondary N) is 1. The molecule has 0 atom stereocenters. The SMILES string of the molecule is CCOC(=O)c1cc(-c2csc(C3CCN(C(=O)Nc4ccc(Br)cc4F)CC3)n2)on1. The van der Waals surface area contributed by atoms with Crippen molar-refractivity contribution >= 4 is 45.0 Å². The average molecular weight is 523 g/mol. The summed E-state index contributed by atoms with van der Waals surface area (Å²) in [4.78, 5) is 30.6. The fraction of sp³-hybridized carbons (Fsp3) is 0.333. The lowest BCUT2D eigenvalue weighted by molar-refractivity contribution is 0.0514. The Labute approximate surface area is 195 Å². The number of ether oxygens (including phenoxy) is 1. The van der Waals surface area contributed by atoms with Crippen LogP contribution in [0.4, 0.5) is 14.9 Å². The molecule has 2 amide bonds. The highest BCUT2D eigenvalue weighted by molar-refractivity contribution is 9.10. The molecule has 2 aromatic heterocycles. The first-order valence-electron chi connectivity index (χ1n) is 10.0. The molecule has 1 aliphatic rings. The predicted molar refractivity (Wildman–Crippen MR) is 120 cm³/mol. The summed E-state index contributed by atoms with van der Waals surface area (Å²) >= 11 is 4.71. The van der Waals surface area contributed by atoms with Crippen molar-refractivity contribution in [1.82, 2.24) is 15.0 Å². The number of benzene rings is 1. The zero-order valence-electron chi connectivity index (χ0n) is 17.1. The lowest BCUT2D eigenvalue weighted by Gasteiger charge is -2.31. The van der Waals surface area contributed by atoms with Crippen LogP contribution in [-0.4, -0.2) is 46.7 Å². The van der Waals surface area contributed by atoms with E-state index in [0.717, 1.165) is 17.8 Å². The summed E-state index contributed by atoms with van der Waals surface area (Å²) in [6, 6.07) is 5.71. The van der Waals surface area contributed by atoms with Gasteiger partial charge in [-0.1, -0.05) is 21.1 Å². The monoisotopic (exact) mass is 522 g/mol. The molecule has 1 aliphatic heterocycles. The summed E-state index contributed by atoms with van der Waals surface area (Å²) in [5.74, 6) is -0.415. The number of rotatable bonds is 5. The van der Waals surface area contributed by atoms with Crippen LogP contribution in [0.3, 0.4) is 0 Å². The van der Waals surface area contributed by atoms with Crippen molar-refractivity contribution in [3.63, 3.8) is 0 Å². The summed E-state index contributed by atoms with van der Waals surface area (Å²) in [5.41, 5.74) is 0.871. The van der Waals surface area contributed by atoms with E-state index in [0.29, 0.717) is 29.0 Å². The Bertz CT molecular complexity index is 1130. The van der Waals surface area contributed by atoms with E-state index >= 15 is 0 Å².